The topological polar surface area (TPSA) is 68.3 Å². The van der Waals surface area contributed by atoms with Crippen molar-refractivity contribution < 1.29 is 23.8 Å². The van der Waals surface area contributed by atoms with Gasteiger partial charge in [-0.15, -0.1) is 0 Å². The van der Waals surface area contributed by atoms with Crippen molar-refractivity contribution in [3.63, 3.8) is 0 Å². The smallest absolute Gasteiger partial charge is 0.227 e. The molecule has 0 saturated carbocycles. The summed E-state index contributed by atoms with van der Waals surface area (Å²) in [5, 5.41) is 0. The number of carbonyl (C=O) groups excluding carboxylic acids is 2. The first kappa shape index (κ1) is 17.1. The van der Waals surface area contributed by atoms with Gasteiger partial charge in [0.25, 0.3) is 0 Å². The van der Waals surface area contributed by atoms with Crippen molar-refractivity contribution in [1.82, 2.24) is 9.80 Å². The van der Waals surface area contributed by atoms with E-state index in [2.05, 4.69) is 0 Å². The summed E-state index contributed by atoms with van der Waals surface area (Å²) in [7, 11) is 3.16. The van der Waals surface area contributed by atoms with E-state index in [4.69, 9.17) is 14.2 Å². The van der Waals surface area contributed by atoms with Crippen molar-refractivity contribution in [1.29, 1.82) is 0 Å². The van der Waals surface area contributed by atoms with E-state index in [1.54, 1.807) is 20.3 Å². The zero-order valence-corrected chi connectivity index (χ0v) is 15.2. The first-order valence-electron chi connectivity index (χ1n) is 9.04. The Morgan fingerprint density at radius 3 is 2.85 bits per heavy atom. The number of hydrogen-bond acceptors (Lipinski definition) is 5. The number of amides is 2. The number of carbonyl (C=O) groups is 2. The Bertz CT molecular complexity index is 737. The van der Waals surface area contributed by atoms with Crippen molar-refractivity contribution in [3.8, 4) is 11.5 Å². The predicted octanol–water partition coefficient (Wildman–Crippen LogP) is 1.20. The number of hydrogen-bond donors (Lipinski definition) is 0. The molecule has 1 spiro atoms. The van der Waals surface area contributed by atoms with Crippen LogP contribution < -0.4 is 9.47 Å². The zero-order chi connectivity index (χ0) is 18.3. The number of nitrogens with zero attached hydrogens (tertiary/aromatic N) is 2. The van der Waals surface area contributed by atoms with Gasteiger partial charge in [0.05, 0.1) is 39.7 Å². The van der Waals surface area contributed by atoms with Gasteiger partial charge in [0.15, 0.2) is 17.2 Å². The molecule has 1 aromatic rings. The highest BCUT2D eigenvalue weighted by Gasteiger charge is 2.61. The molecule has 3 fully saturated rings. The summed E-state index contributed by atoms with van der Waals surface area (Å²) in [5.41, 5.74) is 0.266. The van der Waals surface area contributed by atoms with Crippen LogP contribution in [-0.4, -0.2) is 67.3 Å². The minimum atomic E-state index is -0.595. The maximum absolute atomic E-state index is 13.0. The van der Waals surface area contributed by atoms with Crippen LogP contribution in [0.4, 0.5) is 0 Å². The molecule has 0 radical (unpaired) electrons. The van der Waals surface area contributed by atoms with E-state index in [9.17, 15) is 9.59 Å². The Morgan fingerprint density at radius 1 is 1.27 bits per heavy atom. The van der Waals surface area contributed by atoms with E-state index in [1.807, 2.05) is 21.9 Å². The summed E-state index contributed by atoms with van der Waals surface area (Å²) < 4.78 is 16.6. The largest absolute Gasteiger partial charge is 0.493 e. The summed E-state index contributed by atoms with van der Waals surface area (Å²) in [4.78, 5) is 29.0. The summed E-state index contributed by atoms with van der Waals surface area (Å²) in [6.07, 6.45) is 2.18. The van der Waals surface area contributed by atoms with Crippen LogP contribution in [0.25, 0.3) is 0 Å². The average molecular weight is 360 g/mol. The fourth-order valence-corrected chi connectivity index (χ4v) is 4.51. The van der Waals surface area contributed by atoms with Gasteiger partial charge in [0.2, 0.25) is 11.8 Å². The third kappa shape index (κ3) is 2.53. The van der Waals surface area contributed by atoms with Gasteiger partial charge in [0.1, 0.15) is 0 Å². The lowest BCUT2D eigenvalue weighted by Gasteiger charge is -2.42. The third-order valence-corrected chi connectivity index (χ3v) is 5.74. The quantitative estimate of drug-likeness (QED) is 0.807. The van der Waals surface area contributed by atoms with Crippen LogP contribution in [0.1, 0.15) is 24.8 Å². The molecule has 2 atom stereocenters. The van der Waals surface area contributed by atoms with Crippen LogP contribution >= 0.6 is 0 Å². The molecule has 3 aliphatic heterocycles. The number of benzene rings is 1. The second kappa shape index (κ2) is 6.46. The van der Waals surface area contributed by atoms with Crippen molar-refractivity contribution in [2.24, 2.45) is 0 Å². The molecule has 26 heavy (non-hydrogen) atoms. The minimum Gasteiger partial charge on any atom is -0.493 e. The Morgan fingerprint density at radius 2 is 2.08 bits per heavy atom. The molecule has 1 aromatic carbocycles. The molecule has 0 bridgehead atoms. The maximum Gasteiger partial charge on any atom is 0.227 e. The summed E-state index contributed by atoms with van der Waals surface area (Å²) in [6.45, 7) is 2.01. The van der Waals surface area contributed by atoms with Crippen molar-refractivity contribution >= 4 is 11.8 Å². The highest BCUT2D eigenvalue weighted by molar-refractivity contribution is 5.85. The SMILES string of the molecule is COc1ccc(CC(=O)N2CC[C@@]34OCCCN3C(=O)C[C@@H]24)cc1OC. The number of likely N-dealkylation sites (tertiary alicyclic amines) is 1. The van der Waals surface area contributed by atoms with Crippen LogP contribution in [-0.2, 0) is 20.7 Å². The molecule has 140 valence electrons. The van der Waals surface area contributed by atoms with Gasteiger partial charge in [-0.05, 0) is 24.1 Å². The lowest BCUT2D eigenvalue weighted by atomic mass is 10.0. The molecule has 3 saturated heterocycles. The summed E-state index contributed by atoms with van der Waals surface area (Å²) in [6, 6.07) is 5.32. The zero-order valence-electron chi connectivity index (χ0n) is 15.2. The van der Waals surface area contributed by atoms with Crippen LogP contribution in [0, 0.1) is 0 Å². The molecule has 4 rings (SSSR count). The Kier molecular flexibility index (Phi) is 4.26. The van der Waals surface area contributed by atoms with E-state index in [1.165, 1.54) is 0 Å². The molecular weight excluding hydrogens is 336 g/mol. The van der Waals surface area contributed by atoms with Crippen LogP contribution in [0.15, 0.2) is 18.2 Å². The fourth-order valence-electron chi connectivity index (χ4n) is 4.51. The molecule has 2 amide bonds. The van der Waals surface area contributed by atoms with Crippen LogP contribution in [0.3, 0.4) is 0 Å². The highest BCUT2D eigenvalue weighted by atomic mass is 16.5. The molecule has 0 aromatic heterocycles. The molecule has 7 nitrogen and oxygen atoms in total. The number of ether oxygens (including phenoxy) is 3. The molecule has 3 aliphatic rings. The minimum absolute atomic E-state index is 0.0166. The van der Waals surface area contributed by atoms with Gasteiger partial charge in [-0.3, -0.25) is 9.59 Å². The molecule has 0 unspecified atom stereocenters. The maximum atomic E-state index is 13.0. The van der Waals surface area contributed by atoms with Gasteiger partial charge in [-0.1, -0.05) is 6.07 Å². The van der Waals surface area contributed by atoms with Crippen molar-refractivity contribution in [2.45, 2.75) is 37.5 Å². The Labute approximate surface area is 152 Å². The second-order valence-corrected chi connectivity index (χ2v) is 7.02. The lowest BCUT2D eigenvalue weighted by molar-refractivity contribution is -0.181. The van der Waals surface area contributed by atoms with E-state index in [-0.39, 0.29) is 24.3 Å². The van der Waals surface area contributed by atoms with Crippen LogP contribution in [0.2, 0.25) is 0 Å². The third-order valence-electron chi connectivity index (χ3n) is 5.74. The van der Waals surface area contributed by atoms with Crippen LogP contribution in [0.5, 0.6) is 11.5 Å². The first-order valence-corrected chi connectivity index (χ1v) is 9.04. The molecule has 0 aliphatic carbocycles. The van der Waals surface area contributed by atoms with Crippen molar-refractivity contribution in [2.75, 3.05) is 33.9 Å². The van der Waals surface area contributed by atoms with E-state index in [0.29, 0.717) is 37.5 Å². The molecular formula is C19H24N2O5. The van der Waals surface area contributed by atoms with E-state index in [0.717, 1.165) is 18.5 Å². The molecule has 7 heteroatoms. The average Bonchev–Trinajstić information content (AvgIpc) is 3.13. The highest BCUT2D eigenvalue weighted by Crippen LogP contribution is 2.45. The Balaban J connectivity index is 1.52. The van der Waals surface area contributed by atoms with Gasteiger partial charge in [-0.25, -0.2) is 0 Å². The van der Waals surface area contributed by atoms with Gasteiger partial charge < -0.3 is 24.0 Å². The van der Waals surface area contributed by atoms with E-state index >= 15 is 0 Å². The monoisotopic (exact) mass is 360 g/mol. The van der Waals surface area contributed by atoms with Gasteiger partial charge in [0, 0.05) is 19.5 Å². The molecule has 0 N–H and O–H groups in total. The number of methoxy groups -OCH3 is 2. The predicted molar refractivity (Wildman–Crippen MR) is 93.0 cm³/mol. The number of rotatable bonds is 4. The van der Waals surface area contributed by atoms with Gasteiger partial charge in [-0.2, -0.15) is 0 Å². The van der Waals surface area contributed by atoms with Gasteiger partial charge >= 0.3 is 0 Å². The summed E-state index contributed by atoms with van der Waals surface area (Å²) >= 11 is 0. The van der Waals surface area contributed by atoms with Crippen molar-refractivity contribution in [3.05, 3.63) is 23.8 Å². The second-order valence-electron chi connectivity index (χ2n) is 7.02. The van der Waals surface area contributed by atoms with E-state index < -0.39 is 5.72 Å². The molecule has 3 heterocycles. The summed E-state index contributed by atoms with van der Waals surface area (Å²) in [5.74, 6) is 1.35. The normalized spacial score (nSPS) is 27.3. The fraction of sp³-hybridized carbons (Fsp3) is 0.579. The Hall–Kier alpha value is -2.28. The first-order chi connectivity index (χ1) is 12.6. The lowest BCUT2D eigenvalue weighted by Crippen LogP contribution is -2.56. The standard InChI is InChI=1S/C19H24N2O5/c1-24-14-5-4-13(10-15(14)25-2)11-17(22)20-8-6-19-16(20)12-18(23)21(19)7-3-9-26-19/h4-5,10,16H,3,6-9,11-12H2,1-2H3/t16-,19+/m1/s1.